The number of nitrogens with zero attached hydrogens (tertiary/aromatic N) is 18. The van der Waals surface area contributed by atoms with Crippen molar-refractivity contribution in [3.63, 3.8) is 0 Å². The second kappa shape index (κ2) is 37.3. The Bertz CT molecular complexity index is 4290. The Hall–Kier alpha value is -8.60. The molecule has 0 radical (unpaired) electrons. The molecule has 3 aromatic heterocycles. The molecule has 9 amide bonds. The van der Waals surface area contributed by atoms with E-state index in [0.29, 0.717) is 57.9 Å². The number of carbonyl (C=O) groups excluding carboxylic acids is 10. The van der Waals surface area contributed by atoms with Gasteiger partial charge in [-0.2, -0.15) is 0 Å². The minimum atomic E-state index is -1.75. The van der Waals surface area contributed by atoms with Crippen LogP contribution in [0.2, 0.25) is 0 Å². The van der Waals surface area contributed by atoms with Crippen molar-refractivity contribution in [3.05, 3.63) is 35.7 Å². The second-order valence-electron chi connectivity index (χ2n) is 33.6. The first-order valence-electron chi connectivity index (χ1n) is 41.9. The van der Waals surface area contributed by atoms with Crippen molar-refractivity contribution in [2.45, 2.75) is 288 Å². The Balaban J connectivity index is 0.663. The average molecular weight is 1730 g/mol. The zero-order valence-corrected chi connectivity index (χ0v) is 67.4. The van der Waals surface area contributed by atoms with Crippen molar-refractivity contribution < 1.29 is 142 Å². The van der Waals surface area contributed by atoms with Gasteiger partial charge in [-0.3, -0.25) is 43.2 Å². The van der Waals surface area contributed by atoms with Crippen LogP contribution in [0.1, 0.15) is 138 Å². The lowest BCUT2D eigenvalue weighted by Gasteiger charge is -2.39. The molecule has 12 saturated heterocycles. The fourth-order valence-corrected chi connectivity index (χ4v) is 19.7. The van der Waals surface area contributed by atoms with E-state index in [1.165, 1.54) is 90.8 Å². The van der Waals surface area contributed by atoms with Gasteiger partial charge < -0.3 is 139 Å². The first-order valence-corrected chi connectivity index (χ1v) is 41.9. The summed E-state index contributed by atoms with van der Waals surface area (Å²) in [6.07, 6.45) is -15.8. The molecule has 0 bridgehead atoms. The number of aliphatic hydroxyl groups is 12. The summed E-state index contributed by atoms with van der Waals surface area (Å²) in [6, 6.07) is -12.5. The second-order valence-corrected chi connectivity index (χ2v) is 33.6. The fourth-order valence-electron chi connectivity index (χ4n) is 19.7. The maximum atomic E-state index is 15.9. The van der Waals surface area contributed by atoms with Crippen LogP contribution in [0.15, 0.2) is 18.6 Å². The number of ether oxygens (including phenoxy) is 7. The average Bonchev–Trinajstić information content (AvgIpc) is 1.61. The molecule has 3 unspecified atom stereocenters. The van der Waals surface area contributed by atoms with Crippen molar-refractivity contribution in [2.75, 3.05) is 85.8 Å². The highest BCUT2D eigenvalue weighted by Gasteiger charge is 2.57. The van der Waals surface area contributed by atoms with Gasteiger partial charge in [-0.15, -0.1) is 15.3 Å². The van der Waals surface area contributed by atoms with E-state index in [1.807, 2.05) is 0 Å². The molecule has 0 saturated carbocycles. The molecule has 27 atom stereocenters. The molecule has 47 heteroatoms. The third kappa shape index (κ3) is 17.1. The Kier molecular flexibility index (Phi) is 27.0. The largest absolute Gasteiger partial charge is 0.467 e. The Morgan fingerprint density at radius 3 is 0.861 bits per heavy atom. The monoisotopic (exact) mass is 1720 g/mol. The number of likely N-dealkylation sites (tertiary alicyclic amines) is 9. The smallest absolute Gasteiger partial charge is 0.328 e. The third-order valence-corrected chi connectivity index (χ3v) is 26.3. The maximum Gasteiger partial charge on any atom is 0.328 e. The first kappa shape index (κ1) is 88.3. The SMILES string of the molecule is COC(=O)[C@@H]1CCCN1C(=O)[C@@H]1CC(n2cc(CO[C@@H]3O[C@H](CO)[C@H](O)[C@H](O)[C@H]3O)nn2)CN1C(=O)[C@@H]1CCCN1C(=O)[C@@H]1CCCN1C(=O)[C@@H]1CC(n2cc(CO[C@@H]3O[C@H](CO)[C@H](O)[C@H](O)[C@H]3O)nn2)CN1C(=O)[C@@H]1CCCN1C(=O)[C@@H]1CCCN1C(=O)[C@@H]1CC(n2cc(CO[C@@H]3O[C@H](CO)[C@H](O)[C@H](O)[C@H]3O)nn2)CN1C(=O)[C@@H]1CCCN1C(C)=O. The van der Waals surface area contributed by atoms with Gasteiger partial charge in [0.15, 0.2) is 18.9 Å². The molecule has 12 N–H and O–H groups in total. The molecule has 672 valence electrons. The predicted octanol–water partition coefficient (Wildman–Crippen LogP) is -9.62. The van der Waals surface area contributed by atoms with Gasteiger partial charge in [-0.25, -0.2) is 18.8 Å². The van der Waals surface area contributed by atoms with E-state index in [9.17, 15) is 80.5 Å². The standard InChI is InChI=1S/C75H108N18O29/c1-36(97)82-15-3-9-43(82)66(109)88-27-40(91-24-37(76-79-91)33-117-73-61(104)58(101)55(98)52(30-94)120-73)21-49(88)69(112)85-18-4-10-44(85)64(107)83-16-6-12-46(83)67(110)89-28-41(92-25-38(77-80-92)34-118-74-62(105)59(102)56(99)53(31-95)121-74)22-50(89)70(113)86-19-5-11-45(86)65(108)84-17-7-13-47(84)68(111)90-29-42(23-51(90)71(114)87-20-8-14-48(87)72(115)116-2)93-26-39(78-81-93)35-119-75-63(106)60(103)57(100)54(32-96)122-75/h24-26,40-63,73-75,94-96,98-106H,3-23,27-35H2,1-2H3/t40?,41?,42?,43-,44-,45-,46-,47-,48-,49-,50-,51-,52+,53+,54+,55-,56-,57-,58-,59-,60-,61+,62+,63+,73+,74+,75+/m0/s1. The van der Waals surface area contributed by atoms with Crippen LogP contribution in [0, 0.1) is 0 Å². The van der Waals surface area contributed by atoms with Crippen LogP contribution < -0.4 is 0 Å². The summed E-state index contributed by atoms with van der Waals surface area (Å²) >= 11 is 0. The van der Waals surface area contributed by atoms with Gasteiger partial charge in [0.1, 0.15) is 145 Å². The number of aromatic nitrogens is 9. The molecule has 3 aromatic rings. The van der Waals surface area contributed by atoms with Crippen LogP contribution in [0.25, 0.3) is 0 Å². The van der Waals surface area contributed by atoms with Gasteiger partial charge in [-0.05, 0) is 77.0 Å². The van der Waals surface area contributed by atoms with E-state index in [2.05, 4.69) is 30.9 Å². The van der Waals surface area contributed by atoms with E-state index >= 15 is 28.8 Å². The maximum absolute atomic E-state index is 15.9. The van der Waals surface area contributed by atoms with Gasteiger partial charge in [0, 0.05) is 85.1 Å². The Labute approximate surface area is 697 Å². The van der Waals surface area contributed by atoms with Crippen LogP contribution in [0.5, 0.6) is 0 Å². The van der Waals surface area contributed by atoms with Gasteiger partial charge in [-0.1, -0.05) is 15.6 Å². The summed E-state index contributed by atoms with van der Waals surface area (Å²) in [5.41, 5.74) is 0.528. The van der Waals surface area contributed by atoms with Gasteiger partial charge in [0.2, 0.25) is 53.2 Å². The molecule has 15 rings (SSSR count). The number of methoxy groups -OCH3 is 1. The molecule has 0 aliphatic carbocycles. The molecular weight excluding hydrogens is 1620 g/mol. The predicted molar refractivity (Wildman–Crippen MR) is 399 cm³/mol. The summed E-state index contributed by atoms with van der Waals surface area (Å²) < 4.78 is 43.1. The molecule has 0 aromatic carbocycles. The molecule has 122 heavy (non-hydrogen) atoms. The van der Waals surface area contributed by atoms with Crippen LogP contribution >= 0.6 is 0 Å². The van der Waals surface area contributed by atoms with Crippen molar-refractivity contribution >= 4 is 59.1 Å². The number of carbonyl (C=O) groups is 10. The summed E-state index contributed by atoms with van der Waals surface area (Å²) in [6.45, 7) is -1.55. The molecule has 12 aliphatic heterocycles. The lowest BCUT2D eigenvalue weighted by Crippen LogP contribution is -2.59. The summed E-state index contributed by atoms with van der Waals surface area (Å²) in [5, 5.41) is 149. The summed E-state index contributed by atoms with van der Waals surface area (Å²) in [4.78, 5) is 163. The number of rotatable bonds is 24. The van der Waals surface area contributed by atoms with Gasteiger partial charge in [0.05, 0.1) is 83.5 Å². The lowest BCUT2D eigenvalue weighted by molar-refractivity contribution is -0.304. The van der Waals surface area contributed by atoms with Crippen LogP contribution in [-0.4, -0.2) is 442 Å². The first-order chi connectivity index (χ1) is 58.6. The zero-order chi connectivity index (χ0) is 86.5. The van der Waals surface area contributed by atoms with E-state index < -0.39 is 244 Å². The van der Waals surface area contributed by atoms with Crippen molar-refractivity contribution in [1.29, 1.82) is 0 Å². The van der Waals surface area contributed by atoms with Crippen molar-refractivity contribution in [3.8, 4) is 0 Å². The molecule has 12 fully saturated rings. The molecular formula is C75H108N18O29. The molecule has 0 spiro atoms. The van der Waals surface area contributed by atoms with Crippen LogP contribution in [0.3, 0.4) is 0 Å². The quantitative estimate of drug-likeness (QED) is 0.0371. The summed E-state index contributed by atoms with van der Waals surface area (Å²) in [5.74, 6) is -5.61. The minimum absolute atomic E-state index is 0.0300. The molecule has 12 aliphatic rings. The normalized spacial score (nSPS) is 36.3. The van der Waals surface area contributed by atoms with Crippen molar-refractivity contribution in [2.24, 2.45) is 0 Å². The highest BCUT2D eigenvalue weighted by atomic mass is 16.7. The number of esters is 1. The topological polar surface area (TPSA) is 599 Å². The van der Waals surface area contributed by atoms with Gasteiger partial charge in [0.25, 0.3) is 0 Å². The number of aliphatic hydroxyl groups excluding tert-OH is 12. The van der Waals surface area contributed by atoms with Crippen LogP contribution in [-0.2, 0) is 101 Å². The zero-order valence-electron chi connectivity index (χ0n) is 67.4. The Morgan fingerprint density at radius 2 is 0.590 bits per heavy atom. The van der Waals surface area contributed by atoms with E-state index in [0.717, 1.165) is 0 Å². The van der Waals surface area contributed by atoms with E-state index in [4.69, 9.17) is 33.2 Å². The highest BCUT2D eigenvalue weighted by molar-refractivity contribution is 6.00. The highest BCUT2D eigenvalue weighted by Crippen LogP contribution is 2.41. The summed E-state index contributed by atoms with van der Waals surface area (Å²) in [7, 11) is 1.21. The molecule has 47 nitrogen and oxygen atoms in total. The Morgan fingerprint density at radius 1 is 0.344 bits per heavy atom. The lowest BCUT2D eigenvalue weighted by atomic mass is 9.99. The molecule has 15 heterocycles. The van der Waals surface area contributed by atoms with E-state index in [-0.39, 0.29) is 134 Å². The van der Waals surface area contributed by atoms with Crippen LogP contribution in [0.4, 0.5) is 0 Å². The minimum Gasteiger partial charge on any atom is -0.467 e. The van der Waals surface area contributed by atoms with Crippen molar-refractivity contribution in [1.82, 2.24) is 89.1 Å². The van der Waals surface area contributed by atoms with E-state index in [1.54, 1.807) is 0 Å². The number of hydrogen-bond donors (Lipinski definition) is 12. The number of amides is 9. The van der Waals surface area contributed by atoms with Gasteiger partial charge >= 0.3 is 5.97 Å². The fraction of sp³-hybridized carbons (Fsp3) is 0.787. The number of hydrogen-bond acceptors (Lipinski definition) is 35. The third-order valence-electron chi connectivity index (χ3n) is 26.3.